The minimum absolute atomic E-state index is 0.0344. The summed E-state index contributed by atoms with van der Waals surface area (Å²) in [6.45, 7) is -0.307. The van der Waals surface area contributed by atoms with Crippen LogP contribution >= 0.6 is 11.5 Å². The van der Waals surface area contributed by atoms with Crippen LogP contribution in [0.2, 0.25) is 0 Å². The molecule has 1 atom stereocenters. The lowest BCUT2D eigenvalue weighted by atomic mass is 10.2. The predicted octanol–water partition coefficient (Wildman–Crippen LogP) is -0.897. The summed E-state index contributed by atoms with van der Waals surface area (Å²) in [6, 6.07) is -1.09. The molecule has 0 radical (unpaired) electrons. The third-order valence-electron chi connectivity index (χ3n) is 1.61. The number of rotatable bonds is 5. The summed E-state index contributed by atoms with van der Waals surface area (Å²) in [6.07, 6.45) is 1.21. The molecule has 1 amide bonds. The molecule has 0 aliphatic heterocycles. The average molecular weight is 231 g/mol. The highest BCUT2D eigenvalue weighted by Crippen LogP contribution is 2.02. The van der Waals surface area contributed by atoms with Crippen molar-refractivity contribution in [3.63, 3.8) is 0 Å². The van der Waals surface area contributed by atoms with Crippen molar-refractivity contribution in [3.8, 4) is 0 Å². The average Bonchev–Trinajstić information content (AvgIpc) is 2.69. The number of hydrogen-bond donors (Lipinski definition) is 3. The smallest absolute Gasteiger partial charge is 0.326 e. The fourth-order valence-corrected chi connectivity index (χ4v) is 1.30. The first-order valence-electron chi connectivity index (χ1n) is 4.07. The highest BCUT2D eigenvalue weighted by Gasteiger charge is 2.20. The van der Waals surface area contributed by atoms with Gasteiger partial charge < -0.3 is 15.5 Å². The molecule has 0 bridgehead atoms. The van der Waals surface area contributed by atoms with E-state index in [4.69, 9.17) is 10.2 Å². The van der Waals surface area contributed by atoms with E-state index in [9.17, 15) is 9.59 Å². The molecule has 0 fully saturated rings. The minimum Gasteiger partial charge on any atom is -0.480 e. The van der Waals surface area contributed by atoms with E-state index in [-0.39, 0.29) is 17.9 Å². The first-order chi connectivity index (χ1) is 7.15. The van der Waals surface area contributed by atoms with Crippen LogP contribution in [0.15, 0.2) is 6.20 Å². The van der Waals surface area contributed by atoms with Crippen LogP contribution in [0.4, 0.5) is 0 Å². The van der Waals surface area contributed by atoms with Crippen LogP contribution in [0.5, 0.6) is 0 Å². The monoisotopic (exact) mass is 231 g/mol. The lowest BCUT2D eigenvalue weighted by Crippen LogP contribution is -2.41. The normalized spacial score (nSPS) is 12.1. The SMILES string of the molecule is O=C(N[C@@H](CCO)C(=O)O)c1cnns1. The highest BCUT2D eigenvalue weighted by molar-refractivity contribution is 7.07. The fourth-order valence-electron chi connectivity index (χ4n) is 0.883. The summed E-state index contributed by atoms with van der Waals surface area (Å²) in [7, 11) is 0. The van der Waals surface area contributed by atoms with Crippen molar-refractivity contribution in [2.75, 3.05) is 6.61 Å². The topological polar surface area (TPSA) is 112 Å². The number of carboxylic acids is 1. The van der Waals surface area contributed by atoms with Gasteiger partial charge in [0.15, 0.2) is 0 Å². The van der Waals surface area contributed by atoms with E-state index < -0.39 is 17.9 Å². The van der Waals surface area contributed by atoms with Gasteiger partial charge in [-0.2, -0.15) is 0 Å². The number of nitrogens with zero attached hydrogens (tertiary/aromatic N) is 2. The maximum atomic E-state index is 11.4. The Morgan fingerprint density at radius 1 is 1.60 bits per heavy atom. The van der Waals surface area contributed by atoms with Crippen molar-refractivity contribution in [1.29, 1.82) is 0 Å². The molecule has 0 saturated heterocycles. The molecule has 0 aromatic carbocycles. The van der Waals surface area contributed by atoms with Gasteiger partial charge in [0.25, 0.3) is 5.91 Å². The quantitative estimate of drug-likeness (QED) is 0.605. The Morgan fingerprint density at radius 2 is 2.33 bits per heavy atom. The summed E-state index contributed by atoms with van der Waals surface area (Å²) < 4.78 is 3.48. The third-order valence-corrected chi connectivity index (χ3v) is 2.27. The van der Waals surface area contributed by atoms with Crippen molar-refractivity contribution in [2.24, 2.45) is 0 Å². The zero-order valence-corrected chi connectivity index (χ0v) is 8.40. The Balaban J connectivity index is 2.59. The lowest BCUT2D eigenvalue weighted by molar-refractivity contribution is -0.139. The first-order valence-corrected chi connectivity index (χ1v) is 4.84. The molecule has 0 aliphatic carbocycles. The Hall–Kier alpha value is -1.54. The van der Waals surface area contributed by atoms with Gasteiger partial charge in [-0.15, -0.1) is 5.10 Å². The van der Waals surface area contributed by atoms with E-state index in [1.807, 2.05) is 0 Å². The number of amides is 1. The number of aliphatic carboxylic acids is 1. The van der Waals surface area contributed by atoms with Gasteiger partial charge in [-0.1, -0.05) is 4.49 Å². The van der Waals surface area contributed by atoms with Gasteiger partial charge in [-0.25, -0.2) is 4.79 Å². The summed E-state index contributed by atoms with van der Waals surface area (Å²) in [5.74, 6) is -1.74. The number of carbonyl (C=O) groups is 2. The standard InChI is InChI=1S/C7H9N3O4S/c11-2-1-4(7(13)14)9-6(12)5-3-8-10-15-5/h3-4,11H,1-2H2,(H,9,12)(H,13,14)/t4-/m0/s1. The molecule has 1 heterocycles. The van der Waals surface area contributed by atoms with Gasteiger partial charge in [0, 0.05) is 13.0 Å². The predicted molar refractivity (Wildman–Crippen MR) is 50.5 cm³/mol. The molecule has 7 nitrogen and oxygen atoms in total. The van der Waals surface area contributed by atoms with Crippen LogP contribution < -0.4 is 5.32 Å². The van der Waals surface area contributed by atoms with Crippen LogP contribution in [-0.2, 0) is 4.79 Å². The summed E-state index contributed by atoms with van der Waals surface area (Å²) >= 11 is 0.874. The molecule has 3 N–H and O–H groups in total. The maximum absolute atomic E-state index is 11.4. The van der Waals surface area contributed by atoms with Crippen molar-refractivity contribution < 1.29 is 19.8 Å². The Kier molecular flexibility index (Phi) is 4.13. The zero-order chi connectivity index (χ0) is 11.3. The molecule has 0 unspecified atom stereocenters. The van der Waals surface area contributed by atoms with Crippen molar-refractivity contribution >= 4 is 23.4 Å². The second kappa shape index (κ2) is 5.37. The molecule has 1 aromatic heterocycles. The number of carbonyl (C=O) groups excluding carboxylic acids is 1. The maximum Gasteiger partial charge on any atom is 0.326 e. The van der Waals surface area contributed by atoms with Crippen molar-refractivity contribution in [3.05, 3.63) is 11.1 Å². The van der Waals surface area contributed by atoms with Gasteiger partial charge in [0.1, 0.15) is 10.9 Å². The number of nitrogens with one attached hydrogen (secondary N) is 1. The van der Waals surface area contributed by atoms with Crippen molar-refractivity contribution in [2.45, 2.75) is 12.5 Å². The van der Waals surface area contributed by atoms with Crippen LogP contribution in [0.25, 0.3) is 0 Å². The first kappa shape index (κ1) is 11.5. The highest BCUT2D eigenvalue weighted by atomic mass is 32.1. The van der Waals surface area contributed by atoms with E-state index in [2.05, 4.69) is 14.9 Å². The number of aromatic nitrogens is 2. The van der Waals surface area contributed by atoms with Crippen LogP contribution in [-0.4, -0.2) is 44.3 Å². The molecule has 1 aromatic rings. The number of carboxylic acid groups (broad SMARTS) is 1. The minimum atomic E-state index is -1.19. The van der Waals surface area contributed by atoms with Crippen LogP contribution in [0.1, 0.15) is 16.1 Å². The van der Waals surface area contributed by atoms with E-state index in [0.29, 0.717) is 0 Å². The summed E-state index contributed by atoms with van der Waals surface area (Å²) in [5, 5.41) is 23.0. The molecule has 1 rings (SSSR count). The second-order valence-electron chi connectivity index (χ2n) is 2.66. The molecular formula is C7H9N3O4S. The second-order valence-corrected chi connectivity index (χ2v) is 3.44. The molecule has 82 valence electrons. The lowest BCUT2D eigenvalue weighted by Gasteiger charge is -2.11. The van der Waals surface area contributed by atoms with E-state index in [0.717, 1.165) is 11.5 Å². The van der Waals surface area contributed by atoms with Crippen LogP contribution in [0.3, 0.4) is 0 Å². The van der Waals surface area contributed by atoms with E-state index >= 15 is 0 Å². The van der Waals surface area contributed by atoms with Gasteiger partial charge in [-0.3, -0.25) is 4.79 Å². The molecule has 8 heteroatoms. The Labute approximate surface area is 88.9 Å². The third kappa shape index (κ3) is 3.26. The fraction of sp³-hybridized carbons (Fsp3) is 0.429. The van der Waals surface area contributed by atoms with Gasteiger partial charge in [0.2, 0.25) is 0 Å². The van der Waals surface area contributed by atoms with Gasteiger partial charge in [0.05, 0.1) is 6.20 Å². The molecular weight excluding hydrogens is 222 g/mol. The number of hydrogen-bond acceptors (Lipinski definition) is 6. The van der Waals surface area contributed by atoms with Crippen LogP contribution in [0, 0.1) is 0 Å². The molecule has 0 spiro atoms. The number of aliphatic hydroxyl groups is 1. The summed E-state index contributed by atoms with van der Waals surface area (Å²) in [5.41, 5.74) is 0. The van der Waals surface area contributed by atoms with E-state index in [1.54, 1.807) is 0 Å². The summed E-state index contributed by atoms with van der Waals surface area (Å²) in [4.78, 5) is 22.2. The largest absolute Gasteiger partial charge is 0.480 e. The molecule has 15 heavy (non-hydrogen) atoms. The Bertz CT molecular complexity index is 340. The zero-order valence-electron chi connectivity index (χ0n) is 7.58. The van der Waals surface area contributed by atoms with Gasteiger partial charge >= 0.3 is 5.97 Å². The van der Waals surface area contributed by atoms with Gasteiger partial charge in [-0.05, 0) is 11.5 Å². The Morgan fingerprint density at radius 3 is 2.80 bits per heavy atom. The van der Waals surface area contributed by atoms with Crippen molar-refractivity contribution in [1.82, 2.24) is 14.9 Å². The van der Waals surface area contributed by atoms with E-state index in [1.165, 1.54) is 6.20 Å². The molecule has 0 aliphatic rings. The molecule has 0 saturated carbocycles. The number of aliphatic hydroxyl groups excluding tert-OH is 1.